The van der Waals surface area contributed by atoms with Gasteiger partial charge in [0, 0.05) is 37.7 Å². The summed E-state index contributed by atoms with van der Waals surface area (Å²) in [5.41, 5.74) is 3.19. The van der Waals surface area contributed by atoms with Crippen LogP contribution in [0, 0.1) is 0 Å². The van der Waals surface area contributed by atoms with Gasteiger partial charge in [0.05, 0.1) is 12.8 Å². The predicted molar refractivity (Wildman–Crippen MR) is 84.6 cm³/mol. The second-order valence-corrected chi connectivity index (χ2v) is 6.09. The minimum absolute atomic E-state index is 0.250. The number of benzene rings is 1. The first kappa shape index (κ1) is 14.4. The maximum Gasteiger partial charge on any atom is 0.163 e. The molecule has 4 heteroatoms. The molecule has 0 spiro atoms. The molecule has 1 unspecified atom stereocenters. The maximum absolute atomic E-state index is 11.9. The first-order valence-electron chi connectivity index (χ1n) is 7.83. The molecule has 1 aromatic rings. The lowest BCUT2D eigenvalue weighted by Crippen LogP contribution is -2.51. The van der Waals surface area contributed by atoms with Gasteiger partial charge in [-0.15, -0.1) is 0 Å². The first-order chi connectivity index (χ1) is 10.1. The van der Waals surface area contributed by atoms with Gasteiger partial charge in [0.15, 0.2) is 5.78 Å². The lowest BCUT2D eigenvalue weighted by molar-refractivity contribution is 0.0994. The van der Waals surface area contributed by atoms with E-state index >= 15 is 0 Å². The first-order valence-corrected chi connectivity index (χ1v) is 7.83. The molecule has 0 saturated carbocycles. The van der Waals surface area contributed by atoms with Crippen molar-refractivity contribution in [3.8, 4) is 5.75 Å². The molecule has 0 aromatic heterocycles. The molecule has 1 aromatic carbocycles. The standard InChI is InChI=1S/C17H24N2O2/c1-4-13-11-19(8-7-18(13)2)15-9-12-5-6-16(20)14(12)10-17(15)21-3/h9-10,13H,4-8,11H2,1-3H3. The van der Waals surface area contributed by atoms with Gasteiger partial charge < -0.3 is 9.64 Å². The van der Waals surface area contributed by atoms with Crippen LogP contribution < -0.4 is 9.64 Å². The van der Waals surface area contributed by atoms with Crippen LogP contribution >= 0.6 is 0 Å². The maximum atomic E-state index is 11.9. The molecule has 1 heterocycles. The van der Waals surface area contributed by atoms with E-state index < -0.39 is 0 Å². The smallest absolute Gasteiger partial charge is 0.163 e. The van der Waals surface area contributed by atoms with Crippen LogP contribution in [0.15, 0.2) is 12.1 Å². The van der Waals surface area contributed by atoms with Gasteiger partial charge in [-0.05, 0) is 37.6 Å². The minimum Gasteiger partial charge on any atom is -0.495 e. The Bertz CT molecular complexity index is 556. The minimum atomic E-state index is 0.250. The highest BCUT2D eigenvalue weighted by atomic mass is 16.5. The number of nitrogens with zero attached hydrogens (tertiary/aromatic N) is 2. The molecule has 21 heavy (non-hydrogen) atoms. The van der Waals surface area contributed by atoms with Crippen molar-refractivity contribution >= 4 is 11.5 Å². The van der Waals surface area contributed by atoms with Crippen molar-refractivity contribution in [2.24, 2.45) is 0 Å². The van der Waals surface area contributed by atoms with Crippen molar-refractivity contribution in [2.45, 2.75) is 32.2 Å². The largest absolute Gasteiger partial charge is 0.495 e. The molecule has 0 bridgehead atoms. The van der Waals surface area contributed by atoms with E-state index in [1.54, 1.807) is 7.11 Å². The van der Waals surface area contributed by atoms with Gasteiger partial charge in [-0.25, -0.2) is 0 Å². The lowest BCUT2D eigenvalue weighted by atomic mass is 10.0. The van der Waals surface area contributed by atoms with Crippen molar-refractivity contribution in [3.63, 3.8) is 0 Å². The van der Waals surface area contributed by atoms with Crippen molar-refractivity contribution in [2.75, 3.05) is 38.7 Å². The third kappa shape index (κ3) is 2.53. The molecule has 1 aliphatic carbocycles. The number of fused-ring (bicyclic) bond motifs is 1. The highest BCUT2D eigenvalue weighted by Gasteiger charge is 2.28. The monoisotopic (exact) mass is 288 g/mol. The van der Waals surface area contributed by atoms with Gasteiger partial charge in [0.1, 0.15) is 5.75 Å². The van der Waals surface area contributed by atoms with Gasteiger partial charge in [0.25, 0.3) is 0 Å². The average Bonchev–Trinajstić information content (AvgIpc) is 2.87. The second-order valence-electron chi connectivity index (χ2n) is 6.09. The molecule has 1 fully saturated rings. The Balaban J connectivity index is 1.93. The number of Topliss-reactive ketones (excluding diaryl/α,β-unsaturated/α-hetero) is 1. The van der Waals surface area contributed by atoms with Gasteiger partial charge in [-0.2, -0.15) is 0 Å². The van der Waals surface area contributed by atoms with Crippen LogP contribution in [0.25, 0.3) is 0 Å². The summed E-state index contributed by atoms with van der Waals surface area (Å²) in [6.07, 6.45) is 2.66. The highest BCUT2D eigenvalue weighted by Crippen LogP contribution is 2.36. The van der Waals surface area contributed by atoms with E-state index in [0.717, 1.165) is 49.5 Å². The number of ketones is 1. The Labute approximate surface area is 126 Å². The van der Waals surface area contributed by atoms with E-state index in [1.807, 2.05) is 6.07 Å². The number of hydrogen-bond acceptors (Lipinski definition) is 4. The molecule has 1 saturated heterocycles. The van der Waals surface area contributed by atoms with E-state index in [2.05, 4.69) is 29.8 Å². The highest BCUT2D eigenvalue weighted by molar-refractivity contribution is 6.01. The van der Waals surface area contributed by atoms with Gasteiger partial charge in [-0.3, -0.25) is 9.69 Å². The van der Waals surface area contributed by atoms with Crippen molar-refractivity contribution in [3.05, 3.63) is 23.3 Å². The Hall–Kier alpha value is -1.55. The Morgan fingerprint density at radius 2 is 2.10 bits per heavy atom. The second kappa shape index (κ2) is 5.68. The summed E-state index contributed by atoms with van der Waals surface area (Å²) in [7, 11) is 3.89. The van der Waals surface area contributed by atoms with E-state index in [4.69, 9.17) is 4.74 Å². The number of methoxy groups -OCH3 is 1. The topological polar surface area (TPSA) is 32.8 Å². The van der Waals surface area contributed by atoms with E-state index in [9.17, 15) is 4.79 Å². The number of piperazine rings is 1. The number of anilines is 1. The summed E-state index contributed by atoms with van der Waals surface area (Å²) in [6, 6.07) is 4.70. The zero-order valence-electron chi connectivity index (χ0n) is 13.2. The Kier molecular flexibility index (Phi) is 3.89. The van der Waals surface area contributed by atoms with Crippen LogP contribution in [0.3, 0.4) is 0 Å². The van der Waals surface area contributed by atoms with Crippen LogP contribution in [0.2, 0.25) is 0 Å². The van der Waals surface area contributed by atoms with Gasteiger partial charge >= 0.3 is 0 Å². The number of rotatable bonds is 3. The predicted octanol–water partition coefficient (Wildman–Crippen LogP) is 2.35. The van der Waals surface area contributed by atoms with Gasteiger partial charge in [-0.1, -0.05) is 6.92 Å². The molecule has 4 nitrogen and oxygen atoms in total. The lowest BCUT2D eigenvalue weighted by Gasteiger charge is -2.40. The summed E-state index contributed by atoms with van der Waals surface area (Å²) in [4.78, 5) is 16.7. The van der Waals surface area contributed by atoms with Gasteiger partial charge in [0.2, 0.25) is 0 Å². The molecule has 0 N–H and O–H groups in total. The fourth-order valence-electron chi connectivity index (χ4n) is 3.48. The molecular formula is C17H24N2O2. The van der Waals surface area contributed by atoms with E-state index in [0.29, 0.717) is 12.5 Å². The number of ether oxygens (including phenoxy) is 1. The molecule has 0 amide bonds. The van der Waals surface area contributed by atoms with E-state index in [1.165, 1.54) is 5.56 Å². The third-order valence-corrected chi connectivity index (χ3v) is 4.92. The fourth-order valence-corrected chi connectivity index (χ4v) is 3.48. The van der Waals surface area contributed by atoms with Crippen LogP contribution in [0.4, 0.5) is 5.69 Å². The van der Waals surface area contributed by atoms with Crippen LogP contribution in [0.5, 0.6) is 5.75 Å². The SMILES string of the molecule is CCC1CN(c2cc3c(cc2OC)C(=O)CC3)CCN1C. The molecule has 114 valence electrons. The number of likely N-dealkylation sites (N-methyl/N-ethyl adjacent to an activating group) is 1. The normalized spacial score (nSPS) is 22.5. The zero-order chi connectivity index (χ0) is 15.0. The van der Waals surface area contributed by atoms with Crippen molar-refractivity contribution < 1.29 is 9.53 Å². The quantitative estimate of drug-likeness (QED) is 0.855. The third-order valence-electron chi connectivity index (χ3n) is 4.92. The average molecular weight is 288 g/mol. The number of aryl methyl sites for hydroxylation is 1. The molecule has 1 aliphatic heterocycles. The Morgan fingerprint density at radius 1 is 1.29 bits per heavy atom. The summed E-state index contributed by atoms with van der Waals surface area (Å²) < 4.78 is 5.56. The summed E-state index contributed by atoms with van der Waals surface area (Å²) in [5, 5.41) is 0. The van der Waals surface area contributed by atoms with Crippen molar-refractivity contribution in [1.82, 2.24) is 4.90 Å². The Morgan fingerprint density at radius 3 is 2.81 bits per heavy atom. The molecule has 0 radical (unpaired) electrons. The zero-order valence-corrected chi connectivity index (χ0v) is 13.2. The van der Waals surface area contributed by atoms with Crippen molar-refractivity contribution in [1.29, 1.82) is 0 Å². The van der Waals surface area contributed by atoms with Crippen LogP contribution in [0.1, 0.15) is 35.7 Å². The fraction of sp³-hybridized carbons (Fsp3) is 0.588. The molecule has 1 atom stereocenters. The molecule has 3 rings (SSSR count). The summed E-state index contributed by atoms with van der Waals surface area (Å²) >= 11 is 0. The van der Waals surface area contributed by atoms with Crippen LogP contribution in [-0.4, -0.2) is 50.5 Å². The number of carbonyl (C=O) groups excluding carboxylic acids is 1. The number of carbonyl (C=O) groups is 1. The number of hydrogen-bond donors (Lipinski definition) is 0. The van der Waals surface area contributed by atoms with Crippen LogP contribution in [-0.2, 0) is 6.42 Å². The molecular weight excluding hydrogens is 264 g/mol. The summed E-state index contributed by atoms with van der Waals surface area (Å²) in [5.74, 6) is 1.09. The molecule has 2 aliphatic rings. The van der Waals surface area contributed by atoms with E-state index in [-0.39, 0.29) is 5.78 Å². The summed E-state index contributed by atoms with van der Waals surface area (Å²) in [6.45, 7) is 5.34.